The van der Waals surface area contributed by atoms with Crippen LogP contribution in [0.4, 0.5) is 0 Å². The highest BCUT2D eigenvalue weighted by Gasteiger charge is 2.39. The molecule has 5 rings (SSSR count). The summed E-state index contributed by atoms with van der Waals surface area (Å²) in [6.45, 7) is 4.69. The lowest BCUT2D eigenvalue weighted by molar-refractivity contribution is 0.637. The molecule has 2 aliphatic rings. The Kier molecular flexibility index (Phi) is 4.41. The largest absolute Gasteiger partial charge is 0.0666 e. The van der Waals surface area contributed by atoms with E-state index in [-0.39, 0.29) is 0 Å². The van der Waals surface area contributed by atoms with Gasteiger partial charge in [-0.05, 0) is 41.6 Å². The fraction of sp³-hybridized carbons (Fsp3) is 0.185. The van der Waals surface area contributed by atoms with Crippen LogP contribution in [0.5, 0.6) is 0 Å². The smallest absolute Gasteiger partial charge is 0.0597 e. The van der Waals surface area contributed by atoms with Crippen LogP contribution in [0.15, 0.2) is 90.0 Å². The van der Waals surface area contributed by atoms with E-state index in [9.17, 15) is 0 Å². The van der Waals surface area contributed by atoms with Crippen LogP contribution in [0.1, 0.15) is 47.9 Å². The Morgan fingerprint density at radius 1 is 0.607 bits per heavy atom. The molecular weight excluding hydrogens is 352 g/mol. The number of benzene rings is 3. The van der Waals surface area contributed by atoms with Crippen molar-refractivity contribution in [1.29, 1.82) is 0 Å². The molecule has 0 radical (unpaired) electrons. The summed E-state index contributed by atoms with van der Waals surface area (Å²) in [5.41, 5.74) is 9.63. The molecule has 0 saturated carbocycles. The first-order valence-corrected chi connectivity index (χ1v) is 11.8. The summed E-state index contributed by atoms with van der Waals surface area (Å²) in [5.74, 6) is 1.06. The Balaban J connectivity index is 1.63. The van der Waals surface area contributed by atoms with Crippen molar-refractivity contribution in [1.82, 2.24) is 0 Å². The monoisotopic (exact) mass is 378 g/mol. The van der Waals surface area contributed by atoms with Crippen molar-refractivity contribution >= 4 is 26.9 Å². The minimum absolute atomic E-state index is 0.481. The predicted molar refractivity (Wildman–Crippen MR) is 124 cm³/mol. The van der Waals surface area contributed by atoms with E-state index in [0.717, 1.165) is 0 Å². The fourth-order valence-electron chi connectivity index (χ4n) is 5.46. The molecule has 0 saturated heterocycles. The van der Waals surface area contributed by atoms with Gasteiger partial charge in [0.25, 0.3) is 0 Å². The van der Waals surface area contributed by atoms with E-state index in [4.69, 9.17) is 0 Å². The summed E-state index contributed by atoms with van der Waals surface area (Å²) in [4.78, 5) is 0. The van der Waals surface area contributed by atoms with Crippen LogP contribution in [0.3, 0.4) is 0 Å². The van der Waals surface area contributed by atoms with Gasteiger partial charge >= 0.3 is 0 Å². The van der Waals surface area contributed by atoms with Crippen LogP contribution in [0, 0.1) is 0 Å². The molecule has 2 atom stereocenters. The zero-order valence-corrected chi connectivity index (χ0v) is 18.0. The molecule has 0 heterocycles. The molecule has 0 nitrogen and oxygen atoms in total. The summed E-state index contributed by atoms with van der Waals surface area (Å²) in [7, 11) is -0.481. The van der Waals surface area contributed by atoms with E-state index in [2.05, 4.69) is 105 Å². The lowest BCUT2D eigenvalue weighted by Gasteiger charge is -2.33. The molecule has 3 aromatic rings. The highest BCUT2D eigenvalue weighted by Crippen LogP contribution is 2.53. The predicted octanol–water partition coefficient (Wildman–Crippen LogP) is 5.67. The topological polar surface area (TPSA) is 0 Å². The third kappa shape index (κ3) is 2.91. The quantitative estimate of drug-likeness (QED) is 0.513. The summed E-state index contributed by atoms with van der Waals surface area (Å²) < 4.78 is 0. The second kappa shape index (κ2) is 7.07. The Labute approximate surface area is 170 Å². The van der Waals surface area contributed by atoms with Crippen LogP contribution in [0.2, 0.25) is 5.54 Å². The average Bonchev–Trinajstić information content (AvgIpc) is 3.22. The molecule has 28 heavy (non-hydrogen) atoms. The maximum absolute atomic E-state index is 2.42. The van der Waals surface area contributed by atoms with Gasteiger partial charge in [-0.2, -0.15) is 0 Å². The van der Waals surface area contributed by atoms with Crippen LogP contribution >= 0.6 is 0 Å². The minimum atomic E-state index is -0.481. The highest BCUT2D eigenvalue weighted by atomic mass is 28.2. The van der Waals surface area contributed by atoms with Crippen LogP contribution < -0.4 is 5.19 Å². The molecule has 0 amide bonds. The molecular formula is C27H26Si. The number of hydrogen-bond donors (Lipinski definition) is 0. The van der Waals surface area contributed by atoms with Gasteiger partial charge in [-0.25, -0.2) is 0 Å². The van der Waals surface area contributed by atoms with E-state index < -0.39 is 9.52 Å². The van der Waals surface area contributed by atoms with E-state index in [0.29, 0.717) is 17.4 Å². The minimum Gasteiger partial charge on any atom is -0.0666 e. The third-order valence-corrected chi connectivity index (χ3v) is 8.94. The van der Waals surface area contributed by atoms with Crippen molar-refractivity contribution in [3.05, 3.63) is 112 Å². The zero-order chi connectivity index (χ0) is 19.1. The van der Waals surface area contributed by atoms with Crippen molar-refractivity contribution in [3.63, 3.8) is 0 Å². The molecule has 0 aliphatic heterocycles. The summed E-state index contributed by atoms with van der Waals surface area (Å²) in [6.07, 6.45) is 4.85. The normalized spacial score (nSPS) is 21.4. The second-order valence-electron chi connectivity index (χ2n) is 8.34. The van der Waals surface area contributed by atoms with Gasteiger partial charge in [0.05, 0.1) is 9.52 Å². The molecule has 2 unspecified atom stereocenters. The van der Waals surface area contributed by atoms with Gasteiger partial charge in [0.15, 0.2) is 0 Å². The van der Waals surface area contributed by atoms with Crippen molar-refractivity contribution in [2.45, 2.75) is 31.2 Å². The second-order valence-corrected chi connectivity index (χ2v) is 10.5. The van der Waals surface area contributed by atoms with Gasteiger partial charge in [-0.15, -0.1) is 0 Å². The first kappa shape index (κ1) is 17.5. The van der Waals surface area contributed by atoms with Gasteiger partial charge in [0.1, 0.15) is 0 Å². The number of hydrogen-bond acceptors (Lipinski definition) is 0. The van der Waals surface area contributed by atoms with Gasteiger partial charge in [0.2, 0.25) is 0 Å². The SMILES string of the molecule is CC1=Cc2ccccc2C1C([SiH2]c1ccccc1)C1C(C)=Cc2ccccc21. The van der Waals surface area contributed by atoms with E-state index in [1.165, 1.54) is 33.4 Å². The Bertz CT molecular complexity index is 1010. The van der Waals surface area contributed by atoms with Crippen molar-refractivity contribution in [3.8, 4) is 0 Å². The van der Waals surface area contributed by atoms with Crippen LogP contribution in [0.25, 0.3) is 12.2 Å². The van der Waals surface area contributed by atoms with Crippen molar-refractivity contribution in [2.24, 2.45) is 0 Å². The molecule has 0 spiro atoms. The van der Waals surface area contributed by atoms with Gasteiger partial charge in [0, 0.05) is 11.8 Å². The Morgan fingerprint density at radius 2 is 1.07 bits per heavy atom. The molecule has 1 heteroatoms. The first-order chi connectivity index (χ1) is 13.7. The molecule has 0 N–H and O–H groups in total. The standard InChI is InChI=1S/C27H26Si/c1-18-16-20-10-6-8-14-23(20)25(18)27(28-22-12-4-3-5-13-22)26-19(2)17-21-11-7-9-15-24(21)26/h3-17,25-27H,28H2,1-2H3. The summed E-state index contributed by atoms with van der Waals surface area (Å²) >= 11 is 0. The summed E-state index contributed by atoms with van der Waals surface area (Å²) in [6, 6.07) is 29.3. The van der Waals surface area contributed by atoms with Gasteiger partial charge < -0.3 is 0 Å². The fourth-order valence-corrected chi connectivity index (χ4v) is 8.27. The van der Waals surface area contributed by atoms with Crippen molar-refractivity contribution in [2.75, 3.05) is 0 Å². The van der Waals surface area contributed by atoms with Crippen molar-refractivity contribution < 1.29 is 0 Å². The average molecular weight is 379 g/mol. The van der Waals surface area contributed by atoms with Crippen LogP contribution in [-0.2, 0) is 0 Å². The number of fused-ring (bicyclic) bond motifs is 2. The molecule has 0 fully saturated rings. The molecule has 3 aromatic carbocycles. The Hall–Kier alpha value is -2.64. The lowest BCUT2D eigenvalue weighted by atomic mass is 9.81. The number of allylic oxidation sites excluding steroid dienone is 2. The Morgan fingerprint density at radius 3 is 1.61 bits per heavy atom. The van der Waals surface area contributed by atoms with Crippen LogP contribution in [-0.4, -0.2) is 9.52 Å². The third-order valence-electron chi connectivity index (χ3n) is 6.58. The lowest BCUT2D eigenvalue weighted by Crippen LogP contribution is -2.28. The molecule has 2 aliphatic carbocycles. The van der Waals surface area contributed by atoms with E-state index in [1.54, 1.807) is 5.19 Å². The maximum atomic E-state index is 2.42. The zero-order valence-electron chi connectivity index (χ0n) is 16.6. The summed E-state index contributed by atoms with van der Waals surface area (Å²) in [5, 5.41) is 1.57. The van der Waals surface area contributed by atoms with Gasteiger partial charge in [-0.1, -0.05) is 107 Å². The van der Waals surface area contributed by atoms with Gasteiger partial charge in [-0.3, -0.25) is 0 Å². The van der Waals surface area contributed by atoms with E-state index in [1.807, 2.05) is 0 Å². The number of rotatable bonds is 4. The molecule has 0 aromatic heterocycles. The first-order valence-electron chi connectivity index (χ1n) is 10.3. The molecule has 138 valence electrons. The van der Waals surface area contributed by atoms with E-state index >= 15 is 0 Å². The maximum Gasteiger partial charge on any atom is 0.0597 e. The highest BCUT2D eigenvalue weighted by molar-refractivity contribution is 6.55. The molecule has 0 bridgehead atoms.